The molecule has 0 radical (unpaired) electrons. The second-order valence-electron chi connectivity index (χ2n) is 7.02. The van der Waals surface area contributed by atoms with Gasteiger partial charge in [-0.25, -0.2) is 0 Å². The molecule has 2 heteroatoms. The van der Waals surface area contributed by atoms with Crippen LogP contribution in [0.3, 0.4) is 0 Å². The van der Waals surface area contributed by atoms with Gasteiger partial charge in [0.1, 0.15) is 0 Å². The SMILES string of the molecule is CNC1CCCC1CCN(CC1CC1)CC1CC1. The van der Waals surface area contributed by atoms with Crippen LogP contribution in [0.15, 0.2) is 0 Å². The average molecular weight is 250 g/mol. The highest BCUT2D eigenvalue weighted by Gasteiger charge is 2.31. The van der Waals surface area contributed by atoms with Crippen molar-refractivity contribution in [3.8, 4) is 0 Å². The third-order valence-electron chi connectivity index (χ3n) is 5.27. The van der Waals surface area contributed by atoms with Crippen LogP contribution in [0.2, 0.25) is 0 Å². The normalized spacial score (nSPS) is 32.3. The van der Waals surface area contributed by atoms with Gasteiger partial charge in [0.2, 0.25) is 0 Å². The molecule has 3 rings (SSSR count). The Morgan fingerprint density at radius 1 is 0.944 bits per heavy atom. The summed E-state index contributed by atoms with van der Waals surface area (Å²) >= 11 is 0. The fourth-order valence-corrected chi connectivity index (χ4v) is 3.70. The van der Waals surface area contributed by atoms with E-state index < -0.39 is 0 Å². The maximum Gasteiger partial charge on any atom is 0.00928 e. The van der Waals surface area contributed by atoms with Gasteiger partial charge in [-0.1, -0.05) is 6.42 Å². The number of hydrogen-bond donors (Lipinski definition) is 1. The number of nitrogens with one attached hydrogen (secondary N) is 1. The van der Waals surface area contributed by atoms with Crippen LogP contribution in [0.4, 0.5) is 0 Å². The fourth-order valence-electron chi connectivity index (χ4n) is 3.70. The van der Waals surface area contributed by atoms with E-state index in [1.807, 2.05) is 0 Å². The summed E-state index contributed by atoms with van der Waals surface area (Å²) in [5, 5.41) is 3.53. The molecule has 0 bridgehead atoms. The van der Waals surface area contributed by atoms with Crippen molar-refractivity contribution < 1.29 is 0 Å². The van der Waals surface area contributed by atoms with Crippen molar-refractivity contribution in [3.63, 3.8) is 0 Å². The average Bonchev–Trinajstić information content (AvgIpc) is 3.29. The van der Waals surface area contributed by atoms with Gasteiger partial charge in [-0.2, -0.15) is 0 Å². The number of hydrogen-bond acceptors (Lipinski definition) is 2. The summed E-state index contributed by atoms with van der Waals surface area (Å²) in [4.78, 5) is 2.81. The minimum atomic E-state index is 0.814. The van der Waals surface area contributed by atoms with Crippen LogP contribution in [0, 0.1) is 17.8 Å². The summed E-state index contributed by atoms with van der Waals surface area (Å²) in [7, 11) is 2.15. The van der Waals surface area contributed by atoms with Crippen molar-refractivity contribution in [1.82, 2.24) is 10.2 Å². The number of rotatable bonds is 8. The minimum Gasteiger partial charge on any atom is -0.317 e. The lowest BCUT2D eigenvalue weighted by molar-refractivity contribution is 0.226. The van der Waals surface area contributed by atoms with Gasteiger partial charge in [-0.15, -0.1) is 0 Å². The molecule has 1 N–H and O–H groups in total. The maximum atomic E-state index is 3.53. The summed E-state index contributed by atoms with van der Waals surface area (Å²) in [5.41, 5.74) is 0. The molecule has 0 aromatic rings. The van der Waals surface area contributed by atoms with Gasteiger partial charge in [0.25, 0.3) is 0 Å². The first-order valence-electron chi connectivity index (χ1n) is 8.24. The zero-order chi connectivity index (χ0) is 12.4. The maximum absolute atomic E-state index is 3.53. The smallest absolute Gasteiger partial charge is 0.00928 e. The topological polar surface area (TPSA) is 15.3 Å². The molecule has 0 aliphatic heterocycles. The van der Waals surface area contributed by atoms with Crippen molar-refractivity contribution >= 4 is 0 Å². The predicted octanol–water partition coefficient (Wildman–Crippen LogP) is 2.89. The molecule has 3 saturated carbocycles. The molecule has 2 atom stereocenters. The fraction of sp³-hybridized carbons (Fsp3) is 1.00. The highest BCUT2D eigenvalue weighted by Crippen LogP contribution is 2.34. The molecule has 0 aromatic carbocycles. The van der Waals surface area contributed by atoms with Crippen molar-refractivity contribution in [2.24, 2.45) is 17.8 Å². The van der Waals surface area contributed by atoms with E-state index in [1.165, 1.54) is 71.0 Å². The molecule has 0 saturated heterocycles. The molecule has 2 unspecified atom stereocenters. The predicted molar refractivity (Wildman–Crippen MR) is 76.7 cm³/mol. The highest BCUT2D eigenvalue weighted by atomic mass is 15.1. The Morgan fingerprint density at radius 2 is 1.61 bits per heavy atom. The second-order valence-corrected chi connectivity index (χ2v) is 7.02. The molecule has 18 heavy (non-hydrogen) atoms. The van der Waals surface area contributed by atoms with Crippen molar-refractivity contribution in [2.75, 3.05) is 26.7 Å². The molecule has 2 nitrogen and oxygen atoms in total. The van der Waals surface area contributed by atoms with Crippen molar-refractivity contribution in [3.05, 3.63) is 0 Å². The third-order valence-corrected chi connectivity index (χ3v) is 5.27. The van der Waals surface area contributed by atoms with Crippen LogP contribution >= 0.6 is 0 Å². The Hall–Kier alpha value is -0.0800. The summed E-state index contributed by atoms with van der Waals surface area (Å²) in [6, 6.07) is 0.814. The Labute approximate surface area is 113 Å². The molecular formula is C16H30N2. The van der Waals surface area contributed by atoms with Crippen LogP contribution < -0.4 is 5.32 Å². The van der Waals surface area contributed by atoms with Gasteiger partial charge >= 0.3 is 0 Å². The standard InChI is InChI=1S/C16H30N2/c1-17-16-4-2-3-15(16)9-10-18(11-13-5-6-13)12-14-7-8-14/h13-17H,2-12H2,1H3. The molecular weight excluding hydrogens is 220 g/mol. The van der Waals surface area contributed by atoms with Crippen LogP contribution in [0.1, 0.15) is 51.4 Å². The van der Waals surface area contributed by atoms with Crippen molar-refractivity contribution in [2.45, 2.75) is 57.4 Å². The van der Waals surface area contributed by atoms with Gasteiger partial charge < -0.3 is 10.2 Å². The van der Waals surface area contributed by atoms with E-state index >= 15 is 0 Å². The van der Waals surface area contributed by atoms with E-state index in [-0.39, 0.29) is 0 Å². The van der Waals surface area contributed by atoms with Crippen LogP contribution in [0.25, 0.3) is 0 Å². The van der Waals surface area contributed by atoms with E-state index in [9.17, 15) is 0 Å². The first kappa shape index (κ1) is 12.9. The lowest BCUT2D eigenvalue weighted by Crippen LogP contribution is -2.34. The molecule has 3 aliphatic carbocycles. The Morgan fingerprint density at radius 3 is 2.17 bits per heavy atom. The minimum absolute atomic E-state index is 0.814. The van der Waals surface area contributed by atoms with Crippen LogP contribution in [0.5, 0.6) is 0 Å². The first-order chi connectivity index (χ1) is 8.85. The van der Waals surface area contributed by atoms with Gasteiger partial charge in [-0.3, -0.25) is 0 Å². The van der Waals surface area contributed by atoms with E-state index in [1.54, 1.807) is 0 Å². The Balaban J connectivity index is 1.42. The van der Waals surface area contributed by atoms with E-state index in [0.717, 1.165) is 23.8 Å². The first-order valence-corrected chi connectivity index (χ1v) is 8.24. The molecule has 0 spiro atoms. The van der Waals surface area contributed by atoms with Crippen molar-refractivity contribution in [1.29, 1.82) is 0 Å². The monoisotopic (exact) mass is 250 g/mol. The summed E-state index contributed by atoms with van der Waals surface area (Å²) < 4.78 is 0. The third kappa shape index (κ3) is 3.71. The van der Waals surface area contributed by atoms with Crippen LogP contribution in [-0.4, -0.2) is 37.6 Å². The molecule has 0 heterocycles. The largest absolute Gasteiger partial charge is 0.317 e. The van der Waals surface area contributed by atoms with Gasteiger partial charge in [0, 0.05) is 19.1 Å². The van der Waals surface area contributed by atoms with E-state index in [2.05, 4.69) is 17.3 Å². The molecule has 3 fully saturated rings. The zero-order valence-electron chi connectivity index (χ0n) is 12.0. The summed E-state index contributed by atoms with van der Waals surface area (Å²) in [6.07, 6.45) is 11.8. The lowest BCUT2D eigenvalue weighted by atomic mass is 9.99. The molecule has 3 aliphatic rings. The Kier molecular flexibility index (Phi) is 4.25. The summed E-state index contributed by atoms with van der Waals surface area (Å²) in [5.74, 6) is 3.08. The van der Waals surface area contributed by atoms with Gasteiger partial charge in [0.05, 0.1) is 0 Å². The van der Waals surface area contributed by atoms with Gasteiger partial charge in [-0.05, 0) is 76.3 Å². The van der Waals surface area contributed by atoms with Crippen LogP contribution in [-0.2, 0) is 0 Å². The Bertz CT molecular complexity index is 244. The van der Waals surface area contributed by atoms with Gasteiger partial charge in [0.15, 0.2) is 0 Å². The zero-order valence-corrected chi connectivity index (χ0v) is 12.0. The molecule has 104 valence electrons. The lowest BCUT2D eigenvalue weighted by Gasteiger charge is -2.26. The van der Waals surface area contributed by atoms with E-state index in [0.29, 0.717) is 0 Å². The van der Waals surface area contributed by atoms with E-state index in [4.69, 9.17) is 0 Å². The number of nitrogens with zero attached hydrogens (tertiary/aromatic N) is 1. The molecule has 0 aromatic heterocycles. The highest BCUT2D eigenvalue weighted by molar-refractivity contribution is 4.85. The molecule has 0 amide bonds. The second kappa shape index (κ2) is 5.92. The summed E-state index contributed by atoms with van der Waals surface area (Å²) in [6.45, 7) is 4.19. The quantitative estimate of drug-likeness (QED) is 0.712.